The molecule has 0 aliphatic rings. The standard InChI is InChI=1S/C19H28N4S/c1-4-6-9-15-23(3)19(20-5-2)21-14-10-13-18-22-16-11-7-8-12-17(16)24-18/h4,7-8,11-12H,1,5-6,9-10,13-15H2,2-3H3,(H,20,21). The molecule has 0 amide bonds. The van der Waals surface area contributed by atoms with Gasteiger partial charge in [-0.05, 0) is 38.3 Å². The number of allylic oxidation sites excluding steroid dienone is 1. The summed E-state index contributed by atoms with van der Waals surface area (Å²) in [5.74, 6) is 0.992. The summed E-state index contributed by atoms with van der Waals surface area (Å²) in [5, 5.41) is 4.57. The third kappa shape index (κ3) is 5.64. The van der Waals surface area contributed by atoms with Crippen LogP contribution in [0, 0.1) is 0 Å². The Labute approximate surface area is 149 Å². The summed E-state index contributed by atoms with van der Waals surface area (Å²) in [5.41, 5.74) is 1.11. The average Bonchev–Trinajstić information content (AvgIpc) is 3.00. The fourth-order valence-corrected chi connectivity index (χ4v) is 3.50. The molecule has 4 nitrogen and oxygen atoms in total. The quantitative estimate of drug-likeness (QED) is 0.322. The van der Waals surface area contributed by atoms with E-state index in [9.17, 15) is 0 Å². The summed E-state index contributed by atoms with van der Waals surface area (Å²) >= 11 is 1.79. The second-order valence-corrected chi connectivity index (χ2v) is 6.88. The van der Waals surface area contributed by atoms with E-state index in [4.69, 9.17) is 4.99 Å². The molecule has 5 heteroatoms. The number of aliphatic imine (C=N–C) groups is 1. The SMILES string of the molecule is C=CCCCN(C)C(=NCCCc1nc2ccccc2s1)NCC. The Kier molecular flexibility index (Phi) is 7.75. The molecule has 1 aromatic heterocycles. The van der Waals surface area contributed by atoms with Gasteiger partial charge in [-0.3, -0.25) is 4.99 Å². The van der Waals surface area contributed by atoms with Crippen molar-refractivity contribution in [2.75, 3.05) is 26.7 Å². The predicted molar refractivity (Wildman–Crippen MR) is 106 cm³/mol. The van der Waals surface area contributed by atoms with Gasteiger partial charge < -0.3 is 10.2 Å². The van der Waals surface area contributed by atoms with Crippen LogP contribution in [0.25, 0.3) is 10.2 Å². The van der Waals surface area contributed by atoms with E-state index in [1.807, 2.05) is 12.1 Å². The summed E-state index contributed by atoms with van der Waals surface area (Å²) < 4.78 is 1.27. The number of benzene rings is 1. The highest BCUT2D eigenvalue weighted by atomic mass is 32.1. The smallest absolute Gasteiger partial charge is 0.193 e. The van der Waals surface area contributed by atoms with E-state index >= 15 is 0 Å². The number of unbranched alkanes of at least 4 members (excludes halogenated alkanes) is 1. The van der Waals surface area contributed by atoms with Crippen molar-refractivity contribution in [2.45, 2.75) is 32.6 Å². The van der Waals surface area contributed by atoms with Crippen molar-refractivity contribution in [3.8, 4) is 0 Å². The minimum absolute atomic E-state index is 0.823. The van der Waals surface area contributed by atoms with Gasteiger partial charge in [-0.2, -0.15) is 0 Å². The van der Waals surface area contributed by atoms with E-state index in [0.29, 0.717) is 0 Å². The van der Waals surface area contributed by atoms with Gasteiger partial charge in [0.1, 0.15) is 0 Å². The molecule has 2 aromatic rings. The number of nitrogens with zero attached hydrogens (tertiary/aromatic N) is 3. The van der Waals surface area contributed by atoms with Crippen molar-refractivity contribution in [3.05, 3.63) is 41.9 Å². The molecule has 24 heavy (non-hydrogen) atoms. The van der Waals surface area contributed by atoms with Crippen LogP contribution in [0.1, 0.15) is 31.2 Å². The summed E-state index contributed by atoms with van der Waals surface area (Å²) in [4.78, 5) is 11.6. The second kappa shape index (κ2) is 10.1. The molecule has 0 aliphatic heterocycles. The first kappa shape index (κ1) is 18.5. The second-order valence-electron chi connectivity index (χ2n) is 5.77. The Hall–Kier alpha value is -1.88. The molecule has 0 bridgehead atoms. The lowest BCUT2D eigenvalue weighted by Gasteiger charge is -2.21. The first-order chi connectivity index (χ1) is 11.7. The maximum absolute atomic E-state index is 4.74. The molecule has 0 saturated heterocycles. The van der Waals surface area contributed by atoms with Crippen LogP contribution in [0.5, 0.6) is 0 Å². The molecule has 1 aromatic carbocycles. The van der Waals surface area contributed by atoms with E-state index in [1.165, 1.54) is 9.71 Å². The van der Waals surface area contributed by atoms with Gasteiger partial charge in [0.15, 0.2) is 5.96 Å². The largest absolute Gasteiger partial charge is 0.357 e. The molecular formula is C19H28N4S. The fraction of sp³-hybridized carbons (Fsp3) is 0.474. The first-order valence-electron chi connectivity index (χ1n) is 8.69. The zero-order valence-electron chi connectivity index (χ0n) is 14.8. The third-order valence-corrected chi connectivity index (χ3v) is 4.84. The van der Waals surface area contributed by atoms with Gasteiger partial charge in [0.25, 0.3) is 0 Å². The lowest BCUT2D eigenvalue weighted by Crippen LogP contribution is -2.39. The molecule has 130 valence electrons. The summed E-state index contributed by atoms with van der Waals surface area (Å²) in [6, 6.07) is 8.33. The number of nitrogens with one attached hydrogen (secondary N) is 1. The number of fused-ring (bicyclic) bond motifs is 1. The van der Waals surface area contributed by atoms with Gasteiger partial charge in [-0.25, -0.2) is 4.98 Å². The fourth-order valence-electron chi connectivity index (χ4n) is 2.49. The minimum Gasteiger partial charge on any atom is -0.357 e. The highest BCUT2D eigenvalue weighted by Gasteiger charge is 2.05. The van der Waals surface area contributed by atoms with Crippen molar-refractivity contribution in [3.63, 3.8) is 0 Å². The van der Waals surface area contributed by atoms with Crippen molar-refractivity contribution in [1.29, 1.82) is 0 Å². The van der Waals surface area contributed by atoms with Crippen LogP contribution in [0.15, 0.2) is 41.9 Å². The Morgan fingerprint density at radius 1 is 1.38 bits per heavy atom. The van der Waals surface area contributed by atoms with Crippen molar-refractivity contribution >= 4 is 27.5 Å². The zero-order valence-corrected chi connectivity index (χ0v) is 15.6. The normalized spacial score (nSPS) is 11.7. The van der Waals surface area contributed by atoms with Gasteiger partial charge in [0.2, 0.25) is 0 Å². The Balaban J connectivity index is 1.83. The maximum atomic E-state index is 4.74. The molecule has 0 unspecified atom stereocenters. The molecule has 0 spiro atoms. The number of rotatable bonds is 9. The number of aryl methyl sites for hydroxylation is 1. The lowest BCUT2D eigenvalue weighted by atomic mass is 10.3. The topological polar surface area (TPSA) is 40.5 Å². The number of hydrogen-bond donors (Lipinski definition) is 1. The highest BCUT2D eigenvalue weighted by molar-refractivity contribution is 7.18. The number of hydrogen-bond acceptors (Lipinski definition) is 3. The predicted octanol–water partition coefficient (Wildman–Crippen LogP) is 4.09. The molecule has 0 fully saturated rings. The van der Waals surface area contributed by atoms with E-state index in [-0.39, 0.29) is 0 Å². The van der Waals surface area contributed by atoms with E-state index in [0.717, 1.165) is 56.8 Å². The van der Waals surface area contributed by atoms with E-state index < -0.39 is 0 Å². The maximum Gasteiger partial charge on any atom is 0.193 e. The molecule has 0 aliphatic carbocycles. The number of para-hydroxylation sites is 1. The molecular weight excluding hydrogens is 316 g/mol. The van der Waals surface area contributed by atoms with E-state index in [1.54, 1.807) is 11.3 Å². The summed E-state index contributed by atoms with van der Waals surface area (Å²) in [6.07, 6.45) is 6.13. The van der Waals surface area contributed by atoms with Crippen LogP contribution in [-0.4, -0.2) is 42.5 Å². The van der Waals surface area contributed by atoms with Gasteiger partial charge in [-0.15, -0.1) is 17.9 Å². The van der Waals surface area contributed by atoms with Crippen LogP contribution in [-0.2, 0) is 6.42 Å². The molecule has 1 heterocycles. The first-order valence-corrected chi connectivity index (χ1v) is 9.51. The van der Waals surface area contributed by atoms with Crippen molar-refractivity contribution < 1.29 is 0 Å². The molecule has 2 rings (SSSR count). The molecule has 1 N–H and O–H groups in total. The van der Waals surface area contributed by atoms with Crippen molar-refractivity contribution in [1.82, 2.24) is 15.2 Å². The zero-order chi connectivity index (χ0) is 17.2. The summed E-state index contributed by atoms with van der Waals surface area (Å²) in [7, 11) is 2.10. The van der Waals surface area contributed by atoms with E-state index in [2.05, 4.69) is 54.0 Å². The summed E-state index contributed by atoms with van der Waals surface area (Å²) in [6.45, 7) is 8.59. The monoisotopic (exact) mass is 344 g/mol. The third-order valence-electron chi connectivity index (χ3n) is 3.75. The Morgan fingerprint density at radius 3 is 2.96 bits per heavy atom. The van der Waals surface area contributed by atoms with Crippen LogP contribution in [0.4, 0.5) is 0 Å². The van der Waals surface area contributed by atoms with Gasteiger partial charge >= 0.3 is 0 Å². The Morgan fingerprint density at radius 2 is 2.21 bits per heavy atom. The van der Waals surface area contributed by atoms with Gasteiger partial charge in [0, 0.05) is 33.1 Å². The Bertz CT molecular complexity index is 629. The lowest BCUT2D eigenvalue weighted by molar-refractivity contribution is 0.470. The van der Waals surface area contributed by atoms with Crippen molar-refractivity contribution in [2.24, 2.45) is 4.99 Å². The van der Waals surface area contributed by atoms with Crippen LogP contribution >= 0.6 is 11.3 Å². The molecule has 0 saturated carbocycles. The van der Waals surface area contributed by atoms with Gasteiger partial charge in [-0.1, -0.05) is 18.2 Å². The molecule has 0 atom stereocenters. The van der Waals surface area contributed by atoms with Crippen LogP contribution in [0.2, 0.25) is 0 Å². The van der Waals surface area contributed by atoms with Gasteiger partial charge in [0.05, 0.1) is 15.2 Å². The van der Waals surface area contributed by atoms with Crippen LogP contribution < -0.4 is 5.32 Å². The average molecular weight is 345 g/mol. The number of thiazole rings is 1. The minimum atomic E-state index is 0.823. The highest BCUT2D eigenvalue weighted by Crippen LogP contribution is 2.22. The molecule has 0 radical (unpaired) electrons. The number of aromatic nitrogens is 1. The van der Waals surface area contributed by atoms with Crippen LogP contribution in [0.3, 0.4) is 0 Å². The number of guanidine groups is 1.